The normalized spacial score (nSPS) is 10.3. The summed E-state index contributed by atoms with van der Waals surface area (Å²) >= 11 is 9.21. The molecule has 0 aliphatic carbocycles. The molecule has 6 heteroatoms. The molecule has 0 bridgehead atoms. The topological polar surface area (TPSA) is 57.8 Å². The van der Waals surface area contributed by atoms with Crippen LogP contribution in [0.5, 0.6) is 0 Å². The minimum atomic E-state index is -0.264. The molecule has 2 aromatic rings. The third kappa shape index (κ3) is 2.50. The highest BCUT2D eigenvalue weighted by Crippen LogP contribution is 2.24. The Kier molecular flexibility index (Phi) is 3.49. The number of halogens is 2. The number of hydrogen-bond donors (Lipinski definition) is 2. The molecule has 4 nitrogen and oxygen atoms in total. The predicted molar refractivity (Wildman–Crippen MR) is 70.4 cm³/mol. The first-order valence-corrected chi connectivity index (χ1v) is 6.02. The summed E-state index contributed by atoms with van der Waals surface area (Å²) in [5.41, 5.74) is 1.89. The molecule has 2 N–H and O–H groups in total. The molecule has 0 unspecified atom stereocenters. The molecule has 0 atom stereocenters. The zero-order valence-corrected chi connectivity index (χ0v) is 11.3. The van der Waals surface area contributed by atoms with E-state index in [1.807, 2.05) is 6.92 Å². The van der Waals surface area contributed by atoms with E-state index < -0.39 is 0 Å². The number of nitrogens with zero attached hydrogens (tertiary/aromatic N) is 1. The van der Waals surface area contributed by atoms with Crippen LogP contribution in [0.25, 0.3) is 0 Å². The Morgan fingerprint density at radius 3 is 2.94 bits per heavy atom. The van der Waals surface area contributed by atoms with E-state index in [4.69, 9.17) is 11.6 Å². The molecule has 0 saturated carbocycles. The number of H-pyrrole nitrogens is 1. The molecule has 88 valence electrons. The van der Waals surface area contributed by atoms with Gasteiger partial charge in [0.25, 0.3) is 5.91 Å². The largest absolute Gasteiger partial charge is 0.320 e. The number of hydrogen-bond acceptors (Lipinski definition) is 2. The summed E-state index contributed by atoms with van der Waals surface area (Å²) in [4.78, 5) is 11.9. The van der Waals surface area contributed by atoms with Crippen molar-refractivity contribution in [3.05, 3.63) is 45.1 Å². The number of carbonyl (C=O) groups excluding carboxylic acids is 1. The number of amides is 1. The van der Waals surface area contributed by atoms with Crippen LogP contribution in [-0.4, -0.2) is 16.1 Å². The van der Waals surface area contributed by atoms with Crippen molar-refractivity contribution in [2.75, 3.05) is 5.32 Å². The zero-order chi connectivity index (χ0) is 12.4. The Bertz CT molecular complexity index is 568. The van der Waals surface area contributed by atoms with Gasteiger partial charge in [-0.3, -0.25) is 9.89 Å². The van der Waals surface area contributed by atoms with E-state index in [9.17, 15) is 4.79 Å². The minimum absolute atomic E-state index is 0.264. The molecular weight excluding hydrogens is 305 g/mol. The van der Waals surface area contributed by atoms with E-state index in [0.717, 1.165) is 5.56 Å². The smallest absolute Gasteiger partial charge is 0.274 e. The molecule has 17 heavy (non-hydrogen) atoms. The third-order valence-electron chi connectivity index (χ3n) is 2.34. The van der Waals surface area contributed by atoms with Gasteiger partial charge < -0.3 is 5.32 Å². The summed E-state index contributed by atoms with van der Waals surface area (Å²) < 4.78 is 0.620. The number of anilines is 1. The maximum Gasteiger partial charge on any atom is 0.274 e. The summed E-state index contributed by atoms with van der Waals surface area (Å²) in [5, 5.41) is 9.77. The average molecular weight is 315 g/mol. The van der Waals surface area contributed by atoms with E-state index in [2.05, 4.69) is 31.4 Å². The highest BCUT2D eigenvalue weighted by molar-refractivity contribution is 9.10. The van der Waals surface area contributed by atoms with E-state index in [1.165, 1.54) is 6.20 Å². The standard InChI is InChI=1S/C11H9BrClN3O/c1-6-8(13)3-2-4-9(6)15-11(17)10-7(12)5-14-16-10/h2-5H,1H3,(H,14,16)(H,15,17). The van der Waals surface area contributed by atoms with Crippen molar-refractivity contribution >= 4 is 39.1 Å². The summed E-state index contributed by atoms with van der Waals surface area (Å²) in [6.07, 6.45) is 1.53. The molecule has 0 fully saturated rings. The summed E-state index contributed by atoms with van der Waals surface area (Å²) in [7, 11) is 0. The van der Waals surface area contributed by atoms with Gasteiger partial charge in [-0.05, 0) is 40.5 Å². The van der Waals surface area contributed by atoms with E-state index >= 15 is 0 Å². The van der Waals surface area contributed by atoms with Gasteiger partial charge in [0.05, 0.1) is 10.7 Å². The highest BCUT2D eigenvalue weighted by atomic mass is 79.9. The Labute approximate surface area is 111 Å². The second kappa shape index (κ2) is 4.89. The second-order valence-corrected chi connectivity index (χ2v) is 4.72. The fourth-order valence-corrected chi connectivity index (χ4v) is 1.90. The summed E-state index contributed by atoms with van der Waals surface area (Å²) in [6.45, 7) is 1.85. The lowest BCUT2D eigenvalue weighted by Gasteiger charge is -2.08. The summed E-state index contributed by atoms with van der Waals surface area (Å²) in [6, 6.07) is 5.36. The van der Waals surface area contributed by atoms with Crippen LogP contribution in [-0.2, 0) is 0 Å². The maximum absolute atomic E-state index is 11.9. The SMILES string of the molecule is Cc1c(Cl)cccc1NC(=O)c1[nH]ncc1Br. The average Bonchev–Trinajstić information content (AvgIpc) is 2.71. The highest BCUT2D eigenvalue weighted by Gasteiger charge is 2.13. The lowest BCUT2D eigenvalue weighted by Crippen LogP contribution is -2.13. The predicted octanol–water partition coefficient (Wildman–Crippen LogP) is 3.39. The van der Waals surface area contributed by atoms with Crippen LogP contribution in [0.4, 0.5) is 5.69 Å². The van der Waals surface area contributed by atoms with Crippen LogP contribution in [0, 0.1) is 6.92 Å². The number of nitrogens with one attached hydrogen (secondary N) is 2. The zero-order valence-electron chi connectivity index (χ0n) is 8.92. The van der Waals surface area contributed by atoms with Gasteiger partial charge in [-0.25, -0.2) is 0 Å². The van der Waals surface area contributed by atoms with E-state index in [-0.39, 0.29) is 5.91 Å². The Morgan fingerprint density at radius 1 is 1.53 bits per heavy atom. The van der Waals surface area contributed by atoms with Gasteiger partial charge >= 0.3 is 0 Å². The van der Waals surface area contributed by atoms with Gasteiger partial charge in [0.15, 0.2) is 0 Å². The molecule has 0 spiro atoms. The number of aromatic amines is 1. The van der Waals surface area contributed by atoms with Crippen LogP contribution in [0.2, 0.25) is 5.02 Å². The van der Waals surface area contributed by atoms with Crippen molar-refractivity contribution < 1.29 is 4.79 Å². The fourth-order valence-electron chi connectivity index (χ4n) is 1.36. The van der Waals surface area contributed by atoms with Crippen LogP contribution in [0.1, 0.15) is 16.1 Å². The van der Waals surface area contributed by atoms with Gasteiger partial charge in [-0.2, -0.15) is 5.10 Å². The fraction of sp³-hybridized carbons (Fsp3) is 0.0909. The molecule has 1 amide bonds. The molecule has 0 radical (unpaired) electrons. The monoisotopic (exact) mass is 313 g/mol. The molecule has 0 saturated heterocycles. The molecule has 2 rings (SSSR count). The van der Waals surface area contributed by atoms with Gasteiger partial charge in [-0.15, -0.1) is 0 Å². The number of carbonyl (C=O) groups is 1. The van der Waals surface area contributed by atoms with Crippen LogP contribution < -0.4 is 5.32 Å². The molecule has 1 aromatic carbocycles. The first kappa shape index (κ1) is 12.1. The van der Waals surface area contributed by atoms with Crippen LogP contribution in [0.15, 0.2) is 28.9 Å². The van der Waals surface area contributed by atoms with Crippen molar-refractivity contribution in [3.8, 4) is 0 Å². The van der Waals surface area contributed by atoms with Crippen molar-refractivity contribution in [1.82, 2.24) is 10.2 Å². The Hall–Kier alpha value is -1.33. The van der Waals surface area contributed by atoms with Crippen molar-refractivity contribution in [2.45, 2.75) is 6.92 Å². The lowest BCUT2D eigenvalue weighted by molar-refractivity contribution is 0.102. The van der Waals surface area contributed by atoms with Gasteiger partial charge in [0.2, 0.25) is 0 Å². The van der Waals surface area contributed by atoms with Crippen LogP contribution >= 0.6 is 27.5 Å². The number of benzene rings is 1. The van der Waals surface area contributed by atoms with Crippen molar-refractivity contribution in [3.63, 3.8) is 0 Å². The van der Waals surface area contributed by atoms with Gasteiger partial charge in [-0.1, -0.05) is 17.7 Å². The first-order chi connectivity index (χ1) is 8.09. The maximum atomic E-state index is 11.9. The third-order valence-corrected chi connectivity index (χ3v) is 3.35. The van der Waals surface area contributed by atoms with E-state index in [0.29, 0.717) is 20.9 Å². The first-order valence-electron chi connectivity index (χ1n) is 4.85. The van der Waals surface area contributed by atoms with Crippen LogP contribution in [0.3, 0.4) is 0 Å². The molecule has 0 aliphatic rings. The van der Waals surface area contributed by atoms with Gasteiger partial charge in [0, 0.05) is 10.7 Å². The Balaban J connectivity index is 2.25. The minimum Gasteiger partial charge on any atom is -0.320 e. The quantitative estimate of drug-likeness (QED) is 0.892. The second-order valence-electron chi connectivity index (χ2n) is 3.46. The molecule has 0 aliphatic heterocycles. The summed E-state index contributed by atoms with van der Waals surface area (Å²) in [5.74, 6) is -0.264. The number of aromatic nitrogens is 2. The molecule has 1 heterocycles. The van der Waals surface area contributed by atoms with Gasteiger partial charge in [0.1, 0.15) is 5.69 Å². The number of rotatable bonds is 2. The lowest BCUT2D eigenvalue weighted by atomic mass is 10.2. The van der Waals surface area contributed by atoms with Crippen molar-refractivity contribution in [1.29, 1.82) is 0 Å². The molecule has 1 aromatic heterocycles. The Morgan fingerprint density at radius 2 is 2.29 bits per heavy atom. The van der Waals surface area contributed by atoms with E-state index in [1.54, 1.807) is 18.2 Å². The molecular formula is C11H9BrClN3O. The van der Waals surface area contributed by atoms with Crippen molar-refractivity contribution in [2.24, 2.45) is 0 Å².